The first-order chi connectivity index (χ1) is 9.22. The zero-order chi connectivity index (χ0) is 16.1. The molecule has 114 valence electrons. The Morgan fingerprint density at radius 1 is 1.16 bits per heavy atom. The van der Waals surface area contributed by atoms with E-state index in [1.54, 1.807) is 0 Å². The van der Waals surface area contributed by atoms with Crippen LogP contribution in [0.2, 0.25) is 0 Å². The van der Waals surface area contributed by atoms with Gasteiger partial charge in [-0.3, -0.25) is 4.79 Å². The number of amides is 1. The molecule has 0 aromatic rings. The fourth-order valence-electron chi connectivity index (χ4n) is 0.689. The Kier molecular flexibility index (Phi) is 41.5. The summed E-state index contributed by atoms with van der Waals surface area (Å²) in [7, 11) is 0. The largest absolute Gasteiger partial charge is 0.380 e. The molecule has 0 rings (SSSR count). The predicted octanol–water partition coefficient (Wildman–Crippen LogP) is 4.13. The molecule has 0 saturated carbocycles. The smallest absolute Gasteiger partial charge is 0.250 e. The maximum Gasteiger partial charge on any atom is 0.250 e. The van der Waals surface area contributed by atoms with E-state index in [-0.39, 0.29) is 5.91 Å². The average molecular weight is 271 g/mol. The summed E-state index contributed by atoms with van der Waals surface area (Å²) in [5.74, 6) is -0.185. The van der Waals surface area contributed by atoms with E-state index in [0.29, 0.717) is 18.7 Å². The van der Waals surface area contributed by atoms with E-state index >= 15 is 0 Å². The van der Waals surface area contributed by atoms with Gasteiger partial charge in [-0.1, -0.05) is 53.9 Å². The van der Waals surface area contributed by atoms with E-state index in [0.717, 1.165) is 13.0 Å². The summed E-state index contributed by atoms with van der Waals surface area (Å²) >= 11 is 0. The molecule has 0 spiro atoms. The lowest BCUT2D eigenvalue weighted by Crippen LogP contribution is -2.27. The van der Waals surface area contributed by atoms with Crippen LogP contribution in [-0.2, 0) is 9.53 Å². The average Bonchev–Trinajstić information content (AvgIpc) is 2.52. The molecule has 0 bridgehead atoms. The minimum absolute atomic E-state index is 0.185. The van der Waals surface area contributed by atoms with Crippen molar-refractivity contribution in [3.8, 4) is 0 Å². The molecule has 0 aliphatic heterocycles. The minimum atomic E-state index is -0.185. The van der Waals surface area contributed by atoms with Gasteiger partial charge in [-0.15, -0.1) is 13.2 Å². The Bertz CT molecular complexity index is 201. The van der Waals surface area contributed by atoms with Crippen molar-refractivity contribution in [2.24, 2.45) is 0 Å². The summed E-state index contributed by atoms with van der Waals surface area (Å²) in [5.41, 5.74) is 0.385. The van der Waals surface area contributed by atoms with Crippen molar-refractivity contribution in [3.63, 3.8) is 0 Å². The summed E-state index contributed by atoms with van der Waals surface area (Å²) in [4.78, 5) is 11.1. The lowest BCUT2D eigenvalue weighted by molar-refractivity contribution is -0.117. The molecule has 0 heterocycles. The molecule has 0 saturated heterocycles. The van der Waals surface area contributed by atoms with Gasteiger partial charge in [0, 0.05) is 18.7 Å². The molecule has 3 nitrogen and oxygen atoms in total. The lowest BCUT2D eigenvalue weighted by atomic mass is 10.3. The number of rotatable bonds is 7. The van der Waals surface area contributed by atoms with Gasteiger partial charge in [-0.05, 0) is 6.42 Å². The van der Waals surface area contributed by atoms with Gasteiger partial charge in [-0.2, -0.15) is 0 Å². The van der Waals surface area contributed by atoms with Crippen LogP contribution in [0.1, 0.15) is 41.0 Å². The normalized spacial score (nSPS) is 7.21. The molecule has 3 heteroatoms. The number of ether oxygens (including phenoxy) is 1. The van der Waals surface area contributed by atoms with Crippen LogP contribution in [0.15, 0.2) is 38.0 Å². The van der Waals surface area contributed by atoms with Crippen molar-refractivity contribution in [1.82, 2.24) is 5.32 Å². The van der Waals surface area contributed by atoms with E-state index in [1.165, 1.54) is 6.08 Å². The third-order valence-corrected chi connectivity index (χ3v) is 1.42. The Morgan fingerprint density at radius 3 is 2.00 bits per heavy atom. The summed E-state index contributed by atoms with van der Waals surface area (Å²) in [6.45, 7) is 24.8. The van der Waals surface area contributed by atoms with Crippen molar-refractivity contribution in [2.75, 3.05) is 19.8 Å². The Hall–Kier alpha value is -1.35. The van der Waals surface area contributed by atoms with Crippen LogP contribution < -0.4 is 5.32 Å². The third kappa shape index (κ3) is 26.3. The van der Waals surface area contributed by atoms with Crippen LogP contribution in [0.25, 0.3) is 0 Å². The van der Waals surface area contributed by atoms with Crippen molar-refractivity contribution in [1.29, 1.82) is 0 Å². The van der Waals surface area contributed by atoms with Crippen molar-refractivity contribution in [3.05, 3.63) is 38.0 Å². The highest BCUT2D eigenvalue weighted by molar-refractivity contribution is 5.95. The Morgan fingerprint density at radius 2 is 1.63 bits per heavy atom. The standard InChI is InChI=1S/C10H17NO2.2C2H6.C2H4/c1-4-7-13-8-6-11-10(12)9(3)5-2;3*1-2/h5H,2-4,6-8H2,1H3,(H,11,12);2*1-2H3;1-2H2. The van der Waals surface area contributed by atoms with E-state index in [1.807, 2.05) is 34.6 Å². The van der Waals surface area contributed by atoms with E-state index in [9.17, 15) is 4.79 Å². The number of hydrogen-bond donors (Lipinski definition) is 1. The summed E-state index contributed by atoms with van der Waals surface area (Å²) in [6, 6.07) is 0. The Balaban J connectivity index is -0.000000163. The van der Waals surface area contributed by atoms with Gasteiger partial charge in [-0.25, -0.2) is 0 Å². The van der Waals surface area contributed by atoms with E-state index < -0.39 is 0 Å². The third-order valence-electron chi connectivity index (χ3n) is 1.42. The summed E-state index contributed by atoms with van der Waals surface area (Å²) < 4.78 is 5.18. The molecule has 0 aromatic carbocycles. The predicted molar refractivity (Wildman–Crippen MR) is 87.4 cm³/mol. The molecular formula is C16H33NO2. The van der Waals surface area contributed by atoms with Crippen molar-refractivity contribution < 1.29 is 9.53 Å². The maximum absolute atomic E-state index is 11.1. The van der Waals surface area contributed by atoms with Crippen molar-refractivity contribution in [2.45, 2.75) is 41.0 Å². The molecule has 0 radical (unpaired) electrons. The van der Waals surface area contributed by atoms with Gasteiger partial charge in [0.2, 0.25) is 0 Å². The fraction of sp³-hybridized carbons (Fsp3) is 0.562. The SMILES string of the molecule is C=C.C=CC(=C)C(=O)NCCOCCC.CC.CC. The second-order valence-corrected chi connectivity index (χ2v) is 2.60. The zero-order valence-electron chi connectivity index (χ0n) is 13.6. The van der Waals surface area contributed by atoms with Crippen molar-refractivity contribution >= 4 is 5.91 Å². The first kappa shape index (κ1) is 26.3. The maximum atomic E-state index is 11.1. The van der Waals surface area contributed by atoms with Crippen LogP contribution in [0.4, 0.5) is 0 Å². The fourth-order valence-corrected chi connectivity index (χ4v) is 0.689. The second-order valence-electron chi connectivity index (χ2n) is 2.60. The van der Waals surface area contributed by atoms with E-state index in [2.05, 4.69) is 31.6 Å². The molecule has 0 fully saturated rings. The molecule has 0 atom stereocenters. The first-order valence-electron chi connectivity index (χ1n) is 6.89. The number of carbonyl (C=O) groups is 1. The van der Waals surface area contributed by atoms with E-state index in [4.69, 9.17) is 4.74 Å². The van der Waals surface area contributed by atoms with Gasteiger partial charge >= 0.3 is 0 Å². The quantitative estimate of drug-likeness (QED) is 0.327. The van der Waals surface area contributed by atoms with Crippen LogP contribution >= 0.6 is 0 Å². The van der Waals surface area contributed by atoms with Crippen LogP contribution in [0.5, 0.6) is 0 Å². The van der Waals surface area contributed by atoms with Gasteiger partial charge in [0.25, 0.3) is 5.91 Å². The van der Waals surface area contributed by atoms with Crippen LogP contribution in [-0.4, -0.2) is 25.7 Å². The van der Waals surface area contributed by atoms with Gasteiger partial charge < -0.3 is 10.1 Å². The highest BCUT2D eigenvalue weighted by Gasteiger charge is 2.00. The molecule has 0 aliphatic carbocycles. The molecule has 1 N–H and O–H groups in total. The molecule has 19 heavy (non-hydrogen) atoms. The number of carbonyl (C=O) groups excluding carboxylic acids is 1. The van der Waals surface area contributed by atoms with Gasteiger partial charge in [0.05, 0.1) is 6.61 Å². The van der Waals surface area contributed by atoms with Crippen LogP contribution in [0, 0.1) is 0 Å². The highest BCUT2D eigenvalue weighted by atomic mass is 16.5. The Labute approximate surface area is 120 Å². The number of nitrogens with one attached hydrogen (secondary N) is 1. The molecule has 1 amide bonds. The number of hydrogen-bond acceptors (Lipinski definition) is 2. The topological polar surface area (TPSA) is 38.3 Å². The first-order valence-corrected chi connectivity index (χ1v) is 6.89. The van der Waals surface area contributed by atoms with Gasteiger partial charge in [0.1, 0.15) is 0 Å². The van der Waals surface area contributed by atoms with Gasteiger partial charge in [0.15, 0.2) is 0 Å². The monoisotopic (exact) mass is 271 g/mol. The second kappa shape index (κ2) is 30.0. The molecular weight excluding hydrogens is 238 g/mol. The zero-order valence-corrected chi connectivity index (χ0v) is 13.6. The minimum Gasteiger partial charge on any atom is -0.380 e. The highest BCUT2D eigenvalue weighted by Crippen LogP contribution is 1.89. The summed E-state index contributed by atoms with van der Waals surface area (Å²) in [6.07, 6.45) is 2.43. The molecule has 0 aromatic heterocycles. The lowest BCUT2D eigenvalue weighted by Gasteiger charge is -2.04. The molecule has 0 unspecified atom stereocenters. The summed E-state index contributed by atoms with van der Waals surface area (Å²) in [5, 5.41) is 2.66. The molecule has 0 aliphatic rings. The van der Waals surface area contributed by atoms with Crippen LogP contribution in [0.3, 0.4) is 0 Å².